The quantitative estimate of drug-likeness (QED) is 0.667. The van der Waals surface area contributed by atoms with Gasteiger partial charge in [0.2, 0.25) is 21.8 Å². The molecule has 1 aromatic carbocycles. The van der Waals surface area contributed by atoms with Crippen LogP contribution in [0.25, 0.3) is 0 Å². The number of hydrogen-bond donors (Lipinski definition) is 1. The first-order valence-electron chi connectivity index (χ1n) is 9.91. The second-order valence-corrected chi connectivity index (χ2v) is 9.90. The van der Waals surface area contributed by atoms with Crippen LogP contribution >= 0.6 is 0 Å². The van der Waals surface area contributed by atoms with Gasteiger partial charge in [-0.3, -0.25) is 19.7 Å². The molecule has 3 heterocycles. The van der Waals surface area contributed by atoms with Gasteiger partial charge in [0.05, 0.1) is 5.75 Å². The highest BCUT2D eigenvalue weighted by Gasteiger charge is 2.41. The van der Waals surface area contributed by atoms with Gasteiger partial charge in [0.1, 0.15) is 11.9 Å². The van der Waals surface area contributed by atoms with Crippen molar-refractivity contribution in [3.05, 3.63) is 29.1 Å². The largest absolute Gasteiger partial charge is 0.369 e. The Balaban J connectivity index is 1.58. The van der Waals surface area contributed by atoms with Gasteiger partial charge >= 0.3 is 0 Å². The van der Waals surface area contributed by atoms with E-state index in [0.717, 1.165) is 0 Å². The molecule has 11 heteroatoms. The van der Waals surface area contributed by atoms with Gasteiger partial charge in [-0.1, -0.05) is 0 Å². The summed E-state index contributed by atoms with van der Waals surface area (Å²) in [5.41, 5.74) is 1.37. The third kappa shape index (κ3) is 3.56. The number of sulfonamides is 1. The molecule has 0 saturated carbocycles. The molecule has 0 bridgehead atoms. The highest BCUT2D eigenvalue weighted by Crippen LogP contribution is 2.35. The summed E-state index contributed by atoms with van der Waals surface area (Å²) >= 11 is 0. The van der Waals surface area contributed by atoms with Crippen molar-refractivity contribution in [2.45, 2.75) is 32.4 Å². The van der Waals surface area contributed by atoms with Crippen molar-refractivity contribution in [3.63, 3.8) is 0 Å². The van der Waals surface area contributed by atoms with Crippen molar-refractivity contribution >= 4 is 33.4 Å². The molecule has 0 aromatic heterocycles. The number of benzene rings is 1. The molecular weight excluding hydrogens is 415 g/mol. The van der Waals surface area contributed by atoms with Gasteiger partial charge in [-0.25, -0.2) is 12.8 Å². The molecule has 3 amide bonds. The number of nitrogens with one attached hydrogen (secondary N) is 1. The Morgan fingerprint density at radius 3 is 2.47 bits per heavy atom. The van der Waals surface area contributed by atoms with Crippen LogP contribution in [0.2, 0.25) is 0 Å². The average molecular weight is 438 g/mol. The predicted molar refractivity (Wildman–Crippen MR) is 106 cm³/mol. The summed E-state index contributed by atoms with van der Waals surface area (Å²) in [5.74, 6) is -1.87. The molecule has 3 aliphatic heterocycles. The van der Waals surface area contributed by atoms with E-state index in [4.69, 9.17) is 0 Å². The molecule has 1 aromatic rings. The summed E-state index contributed by atoms with van der Waals surface area (Å²) in [4.78, 5) is 39.8. The predicted octanol–water partition coefficient (Wildman–Crippen LogP) is 0.0584. The minimum atomic E-state index is -3.29. The van der Waals surface area contributed by atoms with Crippen LogP contribution < -0.4 is 10.2 Å². The summed E-state index contributed by atoms with van der Waals surface area (Å²) in [6.07, 6.45) is 0.376. The number of carbonyl (C=O) groups is 3. The number of hydrogen-bond acceptors (Lipinski definition) is 6. The molecule has 9 nitrogen and oxygen atoms in total. The second-order valence-electron chi connectivity index (χ2n) is 7.64. The Bertz CT molecular complexity index is 1020. The van der Waals surface area contributed by atoms with Gasteiger partial charge in [-0.15, -0.1) is 0 Å². The number of piperidine rings is 1. The maximum atomic E-state index is 14.3. The molecular formula is C19H23FN4O5S. The number of fused-ring (bicyclic) bond motifs is 1. The number of imide groups is 1. The Labute approximate surface area is 173 Å². The lowest BCUT2D eigenvalue weighted by Gasteiger charge is -2.36. The normalized spacial score (nSPS) is 23.0. The molecule has 4 rings (SSSR count). The maximum Gasteiger partial charge on any atom is 0.255 e. The topological polar surface area (TPSA) is 107 Å². The van der Waals surface area contributed by atoms with Crippen LogP contribution in [0.15, 0.2) is 12.1 Å². The minimum Gasteiger partial charge on any atom is -0.369 e. The highest BCUT2D eigenvalue weighted by molar-refractivity contribution is 7.89. The molecule has 1 atom stereocenters. The molecule has 30 heavy (non-hydrogen) atoms. The molecule has 3 aliphatic rings. The molecule has 1 N–H and O–H groups in total. The summed E-state index contributed by atoms with van der Waals surface area (Å²) in [7, 11) is -3.29. The summed E-state index contributed by atoms with van der Waals surface area (Å²) in [5, 5.41) is 2.25. The summed E-state index contributed by atoms with van der Waals surface area (Å²) in [6.45, 7) is 3.06. The lowest BCUT2D eigenvalue weighted by Crippen LogP contribution is -2.52. The van der Waals surface area contributed by atoms with Crippen molar-refractivity contribution in [1.82, 2.24) is 14.5 Å². The number of nitrogens with zero attached hydrogens (tertiary/aromatic N) is 3. The van der Waals surface area contributed by atoms with Gasteiger partial charge in [-0.05, 0) is 25.5 Å². The van der Waals surface area contributed by atoms with E-state index in [9.17, 15) is 27.2 Å². The number of piperazine rings is 1. The van der Waals surface area contributed by atoms with E-state index >= 15 is 0 Å². The highest BCUT2D eigenvalue weighted by atomic mass is 32.2. The van der Waals surface area contributed by atoms with Crippen LogP contribution in [0, 0.1) is 5.82 Å². The first kappa shape index (κ1) is 20.7. The van der Waals surface area contributed by atoms with E-state index in [0.29, 0.717) is 24.3 Å². The number of anilines is 1. The van der Waals surface area contributed by atoms with Crippen LogP contribution in [0.5, 0.6) is 0 Å². The lowest BCUT2D eigenvalue weighted by atomic mass is 10.0. The molecule has 2 fully saturated rings. The van der Waals surface area contributed by atoms with Crippen molar-refractivity contribution < 1.29 is 27.2 Å². The fourth-order valence-electron chi connectivity index (χ4n) is 4.28. The van der Waals surface area contributed by atoms with Gasteiger partial charge in [-0.2, -0.15) is 4.31 Å². The van der Waals surface area contributed by atoms with Crippen LogP contribution in [-0.2, 0) is 26.2 Å². The van der Waals surface area contributed by atoms with Gasteiger partial charge in [0.25, 0.3) is 5.91 Å². The monoisotopic (exact) mass is 438 g/mol. The summed E-state index contributed by atoms with van der Waals surface area (Å²) < 4.78 is 39.9. The summed E-state index contributed by atoms with van der Waals surface area (Å²) in [6, 6.07) is 1.75. The van der Waals surface area contributed by atoms with Crippen molar-refractivity contribution in [3.8, 4) is 0 Å². The van der Waals surface area contributed by atoms with Crippen molar-refractivity contribution in [2.24, 2.45) is 0 Å². The van der Waals surface area contributed by atoms with Crippen molar-refractivity contribution in [2.75, 3.05) is 36.8 Å². The SMILES string of the molecule is CCS(=O)(=O)N1CCN(c2cc(F)cc3c2CN(C2CCC(=O)NC2=O)C3=O)CC1. The van der Waals surface area contributed by atoms with Crippen LogP contribution in [-0.4, -0.2) is 73.3 Å². The second kappa shape index (κ2) is 7.62. The zero-order valence-corrected chi connectivity index (χ0v) is 17.4. The number of rotatable bonds is 4. The fourth-order valence-corrected chi connectivity index (χ4v) is 5.36. The molecule has 0 spiro atoms. The van der Waals surface area contributed by atoms with E-state index in [1.165, 1.54) is 21.3 Å². The number of amides is 3. The standard InChI is InChI=1S/C19H23FN4O5S/c1-2-30(28,29)23-7-5-22(6-8-23)16-10-12(20)9-13-14(16)11-24(19(13)27)15-3-4-17(25)21-18(15)26/h9-10,15H,2-8,11H2,1H3,(H,21,25,26). The Morgan fingerprint density at radius 1 is 1.13 bits per heavy atom. The fraction of sp³-hybridized carbons (Fsp3) is 0.526. The zero-order chi connectivity index (χ0) is 21.6. The van der Waals surface area contributed by atoms with E-state index < -0.39 is 33.7 Å². The van der Waals surface area contributed by atoms with E-state index in [1.54, 1.807) is 6.92 Å². The van der Waals surface area contributed by atoms with E-state index in [2.05, 4.69) is 5.32 Å². The van der Waals surface area contributed by atoms with Crippen molar-refractivity contribution in [1.29, 1.82) is 0 Å². The third-order valence-electron chi connectivity index (χ3n) is 5.93. The minimum absolute atomic E-state index is 0.0256. The molecule has 1 unspecified atom stereocenters. The molecule has 0 aliphatic carbocycles. The van der Waals surface area contributed by atoms with E-state index in [-0.39, 0.29) is 49.7 Å². The molecule has 0 radical (unpaired) electrons. The van der Waals surface area contributed by atoms with Crippen LogP contribution in [0.4, 0.5) is 10.1 Å². The third-order valence-corrected chi connectivity index (χ3v) is 7.82. The Kier molecular flexibility index (Phi) is 5.27. The zero-order valence-electron chi connectivity index (χ0n) is 16.6. The van der Waals surface area contributed by atoms with Gasteiger partial charge < -0.3 is 9.80 Å². The van der Waals surface area contributed by atoms with E-state index in [1.807, 2.05) is 4.90 Å². The molecule has 2 saturated heterocycles. The lowest BCUT2D eigenvalue weighted by molar-refractivity contribution is -0.136. The Morgan fingerprint density at radius 2 is 1.83 bits per heavy atom. The number of halogens is 1. The first-order valence-corrected chi connectivity index (χ1v) is 11.5. The van der Waals surface area contributed by atoms with Gasteiger partial charge in [0, 0.05) is 56.0 Å². The van der Waals surface area contributed by atoms with Crippen LogP contribution in [0.3, 0.4) is 0 Å². The first-order chi connectivity index (χ1) is 14.2. The molecule has 162 valence electrons. The smallest absolute Gasteiger partial charge is 0.255 e. The Hall–Kier alpha value is -2.53. The van der Waals surface area contributed by atoms with Crippen LogP contribution in [0.1, 0.15) is 35.7 Å². The number of carbonyl (C=O) groups excluding carboxylic acids is 3. The maximum absolute atomic E-state index is 14.3. The van der Waals surface area contributed by atoms with Gasteiger partial charge in [0.15, 0.2) is 0 Å². The average Bonchev–Trinajstić information content (AvgIpc) is 3.04.